The maximum absolute atomic E-state index is 13.8. The smallest absolute Gasteiger partial charge is 0.307 e. The second-order valence-corrected chi connectivity index (χ2v) is 5.72. The highest BCUT2D eigenvalue weighted by Crippen LogP contribution is 2.21. The van der Waals surface area contributed by atoms with E-state index in [9.17, 15) is 18.7 Å². The summed E-state index contributed by atoms with van der Waals surface area (Å²) in [6.45, 7) is 0. The molecule has 1 unspecified atom stereocenters. The topological polar surface area (TPSA) is 37.3 Å². The third kappa shape index (κ3) is 4.36. The van der Waals surface area contributed by atoms with E-state index in [0.29, 0.717) is 15.6 Å². The van der Waals surface area contributed by atoms with Gasteiger partial charge in [-0.1, -0.05) is 34.1 Å². The molecule has 0 saturated heterocycles. The monoisotopic (exact) mass is 354 g/mol. The Kier molecular flexibility index (Phi) is 5.07. The molecule has 0 saturated carbocycles. The van der Waals surface area contributed by atoms with Crippen molar-refractivity contribution in [2.75, 3.05) is 0 Å². The average Bonchev–Trinajstić information content (AvgIpc) is 2.43. The van der Waals surface area contributed by atoms with Crippen LogP contribution in [0.25, 0.3) is 0 Å². The minimum Gasteiger partial charge on any atom is -0.481 e. The average molecular weight is 355 g/mol. The third-order valence-corrected chi connectivity index (χ3v) is 3.72. The van der Waals surface area contributed by atoms with Crippen molar-refractivity contribution < 1.29 is 18.7 Å². The number of carboxylic acids is 1. The Hall–Kier alpha value is -1.75. The molecule has 0 amide bonds. The molecule has 1 atom stereocenters. The zero-order valence-electron chi connectivity index (χ0n) is 11.0. The largest absolute Gasteiger partial charge is 0.481 e. The van der Waals surface area contributed by atoms with E-state index in [4.69, 9.17) is 0 Å². The molecule has 5 heteroatoms. The van der Waals surface area contributed by atoms with E-state index >= 15 is 0 Å². The lowest BCUT2D eigenvalue weighted by Gasteiger charge is -2.13. The minimum atomic E-state index is -0.998. The normalized spacial score (nSPS) is 12.1. The number of hydrogen-bond acceptors (Lipinski definition) is 1. The summed E-state index contributed by atoms with van der Waals surface area (Å²) in [7, 11) is 0. The molecule has 0 aliphatic heterocycles. The zero-order chi connectivity index (χ0) is 15.4. The van der Waals surface area contributed by atoms with Gasteiger partial charge in [0.2, 0.25) is 0 Å². The number of halogens is 3. The lowest BCUT2D eigenvalue weighted by atomic mass is 9.92. The van der Waals surface area contributed by atoms with Gasteiger partial charge in [0, 0.05) is 4.47 Å². The number of rotatable bonds is 5. The van der Waals surface area contributed by atoms with Crippen LogP contribution >= 0.6 is 15.9 Å². The van der Waals surface area contributed by atoms with Crippen LogP contribution in [-0.2, 0) is 17.6 Å². The SMILES string of the molecule is O=C(O)C(Cc1ccc(F)cc1)Cc1ccc(Br)cc1F. The molecular formula is C16H13BrF2O2. The van der Waals surface area contributed by atoms with Gasteiger partial charge in [0.1, 0.15) is 11.6 Å². The molecule has 0 aliphatic carbocycles. The number of carboxylic acid groups (broad SMARTS) is 1. The van der Waals surface area contributed by atoms with E-state index in [2.05, 4.69) is 15.9 Å². The Balaban J connectivity index is 2.15. The fraction of sp³-hybridized carbons (Fsp3) is 0.188. The summed E-state index contributed by atoms with van der Waals surface area (Å²) in [6, 6.07) is 10.2. The van der Waals surface area contributed by atoms with Crippen molar-refractivity contribution in [3.8, 4) is 0 Å². The first-order valence-corrected chi connectivity index (χ1v) is 7.16. The molecule has 21 heavy (non-hydrogen) atoms. The second-order valence-electron chi connectivity index (χ2n) is 4.81. The summed E-state index contributed by atoms with van der Waals surface area (Å²) in [5.41, 5.74) is 1.06. The Morgan fingerprint density at radius 1 is 1.10 bits per heavy atom. The summed E-state index contributed by atoms with van der Waals surface area (Å²) >= 11 is 3.16. The van der Waals surface area contributed by atoms with Gasteiger partial charge in [-0.05, 0) is 48.2 Å². The van der Waals surface area contributed by atoms with Gasteiger partial charge >= 0.3 is 5.97 Å². The summed E-state index contributed by atoms with van der Waals surface area (Å²) in [4.78, 5) is 11.3. The standard InChI is InChI=1S/C16H13BrF2O2/c17-13-4-3-11(15(19)9-13)8-12(16(20)21)7-10-1-5-14(18)6-2-10/h1-6,9,12H,7-8H2,(H,20,21). The van der Waals surface area contributed by atoms with E-state index < -0.39 is 17.7 Å². The third-order valence-electron chi connectivity index (χ3n) is 3.23. The van der Waals surface area contributed by atoms with Crippen LogP contribution in [-0.4, -0.2) is 11.1 Å². The highest BCUT2D eigenvalue weighted by atomic mass is 79.9. The highest BCUT2D eigenvalue weighted by Gasteiger charge is 2.20. The van der Waals surface area contributed by atoms with Gasteiger partial charge in [-0.2, -0.15) is 0 Å². The van der Waals surface area contributed by atoms with Crippen molar-refractivity contribution in [1.82, 2.24) is 0 Å². The van der Waals surface area contributed by atoms with Gasteiger partial charge in [0.15, 0.2) is 0 Å². The molecule has 1 N–H and O–H groups in total. The molecule has 0 heterocycles. The number of aliphatic carboxylic acids is 1. The predicted octanol–water partition coefficient (Wildman–Crippen LogP) is 4.21. The zero-order valence-corrected chi connectivity index (χ0v) is 12.6. The molecule has 2 nitrogen and oxygen atoms in total. The lowest BCUT2D eigenvalue weighted by Crippen LogP contribution is -2.19. The van der Waals surface area contributed by atoms with Crippen LogP contribution in [0.5, 0.6) is 0 Å². The molecule has 2 aromatic rings. The van der Waals surface area contributed by atoms with Crippen molar-refractivity contribution in [3.05, 3.63) is 69.7 Å². The van der Waals surface area contributed by atoms with Gasteiger partial charge in [0.05, 0.1) is 5.92 Å². The molecule has 0 radical (unpaired) electrons. The second kappa shape index (κ2) is 6.80. The van der Waals surface area contributed by atoms with Crippen LogP contribution in [0.3, 0.4) is 0 Å². The maximum Gasteiger partial charge on any atom is 0.307 e. The summed E-state index contributed by atoms with van der Waals surface area (Å²) in [6.07, 6.45) is 0.316. The lowest BCUT2D eigenvalue weighted by molar-refractivity contribution is -0.141. The Morgan fingerprint density at radius 3 is 2.33 bits per heavy atom. The molecule has 0 bridgehead atoms. The fourth-order valence-electron chi connectivity index (χ4n) is 2.10. The van der Waals surface area contributed by atoms with Crippen LogP contribution in [0, 0.1) is 17.6 Å². The van der Waals surface area contributed by atoms with Gasteiger partial charge in [-0.3, -0.25) is 4.79 Å². The van der Waals surface area contributed by atoms with Crippen molar-refractivity contribution >= 4 is 21.9 Å². The van der Waals surface area contributed by atoms with Crippen LogP contribution in [0.4, 0.5) is 8.78 Å². The molecule has 2 rings (SSSR count). The van der Waals surface area contributed by atoms with Crippen LogP contribution < -0.4 is 0 Å². The Morgan fingerprint density at radius 2 is 1.76 bits per heavy atom. The molecule has 0 fully saturated rings. The van der Waals surface area contributed by atoms with Gasteiger partial charge < -0.3 is 5.11 Å². The predicted molar refractivity (Wildman–Crippen MR) is 79.0 cm³/mol. The molecule has 0 aliphatic rings. The number of hydrogen-bond donors (Lipinski definition) is 1. The minimum absolute atomic E-state index is 0.0891. The molecule has 110 valence electrons. The quantitative estimate of drug-likeness (QED) is 0.872. The molecule has 0 spiro atoms. The van der Waals surface area contributed by atoms with E-state index in [1.54, 1.807) is 24.3 Å². The first-order valence-electron chi connectivity index (χ1n) is 6.37. The molecule has 2 aromatic carbocycles. The van der Waals surface area contributed by atoms with Crippen molar-refractivity contribution in [2.45, 2.75) is 12.8 Å². The Bertz CT molecular complexity index is 641. The maximum atomic E-state index is 13.8. The van der Waals surface area contributed by atoms with Crippen LogP contribution in [0.1, 0.15) is 11.1 Å². The van der Waals surface area contributed by atoms with Gasteiger partial charge in [-0.25, -0.2) is 8.78 Å². The van der Waals surface area contributed by atoms with E-state index in [0.717, 1.165) is 0 Å². The van der Waals surface area contributed by atoms with Crippen LogP contribution in [0.15, 0.2) is 46.9 Å². The van der Waals surface area contributed by atoms with Crippen molar-refractivity contribution in [3.63, 3.8) is 0 Å². The van der Waals surface area contributed by atoms with Gasteiger partial charge in [0.25, 0.3) is 0 Å². The number of carbonyl (C=O) groups is 1. The Labute approximate surface area is 129 Å². The summed E-state index contributed by atoms with van der Waals surface area (Å²) < 4.78 is 27.2. The molecule has 0 aromatic heterocycles. The van der Waals surface area contributed by atoms with E-state index in [-0.39, 0.29) is 18.7 Å². The summed E-state index contributed by atoms with van der Waals surface area (Å²) in [5.74, 6) is -2.56. The number of benzene rings is 2. The van der Waals surface area contributed by atoms with E-state index in [1.807, 2.05) is 0 Å². The fourth-order valence-corrected chi connectivity index (χ4v) is 2.44. The van der Waals surface area contributed by atoms with Gasteiger partial charge in [-0.15, -0.1) is 0 Å². The summed E-state index contributed by atoms with van der Waals surface area (Å²) in [5, 5.41) is 9.29. The van der Waals surface area contributed by atoms with Crippen LogP contribution in [0.2, 0.25) is 0 Å². The van der Waals surface area contributed by atoms with Crippen molar-refractivity contribution in [2.24, 2.45) is 5.92 Å². The van der Waals surface area contributed by atoms with E-state index in [1.165, 1.54) is 18.2 Å². The molecular weight excluding hydrogens is 342 g/mol. The first-order chi connectivity index (χ1) is 9.95. The first kappa shape index (κ1) is 15.6. The van der Waals surface area contributed by atoms with Crippen molar-refractivity contribution in [1.29, 1.82) is 0 Å². The highest BCUT2D eigenvalue weighted by molar-refractivity contribution is 9.10.